The van der Waals surface area contributed by atoms with Crippen molar-refractivity contribution in [2.75, 3.05) is 32.7 Å². The number of carbonyl (C=O) groups excluding carboxylic acids is 2. The van der Waals surface area contributed by atoms with Crippen LogP contribution >= 0.6 is 0 Å². The van der Waals surface area contributed by atoms with E-state index in [4.69, 9.17) is 0 Å². The van der Waals surface area contributed by atoms with Crippen molar-refractivity contribution in [2.45, 2.75) is 25.2 Å². The van der Waals surface area contributed by atoms with Crippen molar-refractivity contribution < 1.29 is 27.5 Å². The van der Waals surface area contributed by atoms with Crippen molar-refractivity contribution in [2.24, 2.45) is 0 Å². The molecule has 1 atom stereocenters. The molecule has 2 amide bonds. The Bertz CT molecular complexity index is 657. The summed E-state index contributed by atoms with van der Waals surface area (Å²) in [5, 5.41) is 2.74. The molecule has 2 aliphatic heterocycles. The molecular weight excluding hydrogens is 351 g/mol. The molecular formula is C17H20F3N3O3. The quantitative estimate of drug-likeness (QED) is 0.875. The first-order valence-corrected chi connectivity index (χ1v) is 8.49. The molecule has 6 nitrogen and oxygen atoms in total. The number of nitrogens with one attached hydrogen (secondary N) is 1. The lowest BCUT2D eigenvalue weighted by molar-refractivity contribution is -0.274. The van der Waals surface area contributed by atoms with Gasteiger partial charge in [0.15, 0.2) is 0 Å². The second-order valence-corrected chi connectivity index (χ2v) is 6.37. The maximum atomic E-state index is 12.4. The lowest BCUT2D eigenvalue weighted by Gasteiger charge is -2.35. The summed E-state index contributed by atoms with van der Waals surface area (Å²) in [5.74, 6) is -0.647. The molecule has 2 heterocycles. The second kappa shape index (κ2) is 7.53. The number of halogens is 3. The van der Waals surface area contributed by atoms with Crippen molar-refractivity contribution in [3.05, 3.63) is 29.8 Å². The number of ether oxygens (including phenoxy) is 1. The Kier molecular flexibility index (Phi) is 5.36. The summed E-state index contributed by atoms with van der Waals surface area (Å²) < 4.78 is 40.7. The van der Waals surface area contributed by atoms with Gasteiger partial charge in [0.2, 0.25) is 11.8 Å². The molecule has 2 saturated heterocycles. The van der Waals surface area contributed by atoms with Crippen LogP contribution in [0.3, 0.4) is 0 Å². The molecule has 0 radical (unpaired) electrons. The van der Waals surface area contributed by atoms with Crippen LogP contribution in [-0.4, -0.2) is 60.7 Å². The number of carbonyl (C=O) groups is 2. The highest BCUT2D eigenvalue weighted by Gasteiger charge is 2.34. The van der Waals surface area contributed by atoms with Gasteiger partial charge in [-0.3, -0.25) is 14.5 Å². The van der Waals surface area contributed by atoms with E-state index < -0.39 is 12.4 Å². The van der Waals surface area contributed by atoms with Gasteiger partial charge in [-0.1, -0.05) is 12.1 Å². The van der Waals surface area contributed by atoms with Gasteiger partial charge >= 0.3 is 6.36 Å². The second-order valence-electron chi connectivity index (χ2n) is 6.37. The van der Waals surface area contributed by atoms with E-state index in [-0.39, 0.29) is 24.1 Å². The van der Waals surface area contributed by atoms with Crippen LogP contribution in [0.15, 0.2) is 24.3 Å². The molecule has 3 rings (SSSR count). The number of amides is 2. The van der Waals surface area contributed by atoms with Gasteiger partial charge in [0.1, 0.15) is 11.8 Å². The summed E-state index contributed by atoms with van der Waals surface area (Å²) >= 11 is 0. The van der Waals surface area contributed by atoms with Crippen molar-refractivity contribution >= 4 is 11.8 Å². The van der Waals surface area contributed by atoms with E-state index in [1.807, 2.05) is 0 Å². The van der Waals surface area contributed by atoms with E-state index in [1.54, 1.807) is 9.80 Å². The number of rotatable bonds is 4. The molecule has 1 aromatic carbocycles. The molecule has 142 valence electrons. The fourth-order valence-corrected chi connectivity index (χ4v) is 3.34. The monoisotopic (exact) mass is 371 g/mol. The van der Waals surface area contributed by atoms with Crippen LogP contribution in [0.1, 0.15) is 24.4 Å². The molecule has 2 fully saturated rings. The molecule has 1 N–H and O–H groups in total. The zero-order chi connectivity index (χ0) is 18.7. The fraction of sp³-hybridized carbons (Fsp3) is 0.529. The van der Waals surface area contributed by atoms with E-state index in [1.165, 1.54) is 24.3 Å². The average Bonchev–Trinajstić information content (AvgIpc) is 3.09. The number of likely N-dealkylation sites (tertiary alicyclic amines) is 1. The minimum Gasteiger partial charge on any atom is -0.406 e. The minimum atomic E-state index is -4.77. The van der Waals surface area contributed by atoms with Crippen LogP contribution in [0.4, 0.5) is 13.2 Å². The third-order valence-electron chi connectivity index (χ3n) is 4.54. The molecule has 0 unspecified atom stereocenters. The highest BCUT2D eigenvalue weighted by Crippen LogP contribution is 2.28. The maximum Gasteiger partial charge on any atom is 0.573 e. The van der Waals surface area contributed by atoms with E-state index in [9.17, 15) is 22.8 Å². The lowest BCUT2D eigenvalue weighted by atomic mass is 10.0. The van der Waals surface area contributed by atoms with E-state index in [0.29, 0.717) is 18.7 Å². The Morgan fingerprint density at radius 1 is 1.15 bits per heavy atom. The summed E-state index contributed by atoms with van der Waals surface area (Å²) in [7, 11) is 0. The number of hydrogen-bond donors (Lipinski definition) is 1. The molecule has 0 saturated carbocycles. The fourth-order valence-electron chi connectivity index (χ4n) is 3.34. The van der Waals surface area contributed by atoms with Crippen molar-refractivity contribution in [3.8, 4) is 5.75 Å². The SMILES string of the molecule is O=C1NCCN(CC(=O)N2CCCC2)[C@H]1c1ccc(OC(F)(F)F)cc1. The molecule has 1 aromatic rings. The van der Waals surface area contributed by atoms with Gasteiger partial charge in [0.25, 0.3) is 0 Å². The zero-order valence-electron chi connectivity index (χ0n) is 14.1. The predicted molar refractivity (Wildman–Crippen MR) is 86.3 cm³/mol. The number of alkyl halides is 3. The Labute approximate surface area is 148 Å². The number of benzene rings is 1. The maximum absolute atomic E-state index is 12.4. The normalized spacial score (nSPS) is 21.6. The molecule has 26 heavy (non-hydrogen) atoms. The first-order chi connectivity index (χ1) is 12.3. The largest absolute Gasteiger partial charge is 0.573 e. The van der Waals surface area contributed by atoms with Crippen molar-refractivity contribution in [1.29, 1.82) is 0 Å². The summed E-state index contributed by atoms with van der Waals surface area (Å²) in [6.45, 7) is 2.49. The summed E-state index contributed by atoms with van der Waals surface area (Å²) in [4.78, 5) is 28.3. The number of piperazine rings is 1. The van der Waals surface area contributed by atoms with E-state index >= 15 is 0 Å². The summed E-state index contributed by atoms with van der Waals surface area (Å²) in [5.41, 5.74) is 0.519. The van der Waals surface area contributed by atoms with Gasteiger partial charge < -0.3 is 15.0 Å². The van der Waals surface area contributed by atoms with Gasteiger partial charge in [-0.25, -0.2) is 0 Å². The highest BCUT2D eigenvalue weighted by molar-refractivity contribution is 5.85. The topological polar surface area (TPSA) is 61.9 Å². The number of hydrogen-bond acceptors (Lipinski definition) is 4. The van der Waals surface area contributed by atoms with E-state index in [0.717, 1.165) is 25.9 Å². The van der Waals surface area contributed by atoms with Gasteiger partial charge in [-0.2, -0.15) is 0 Å². The standard InChI is InChI=1S/C17H20F3N3O3/c18-17(19,20)26-13-5-3-12(4-6-13)15-16(25)21-7-10-23(15)11-14(24)22-8-1-2-9-22/h3-6,15H,1-2,7-11H2,(H,21,25)/t15-/m0/s1. The Balaban J connectivity index is 1.73. The molecule has 9 heteroatoms. The van der Waals surface area contributed by atoms with Crippen LogP contribution in [0.25, 0.3) is 0 Å². The van der Waals surface area contributed by atoms with Gasteiger partial charge in [-0.05, 0) is 30.5 Å². The zero-order valence-corrected chi connectivity index (χ0v) is 14.1. The predicted octanol–water partition coefficient (Wildman–Crippen LogP) is 1.68. The molecule has 2 aliphatic rings. The van der Waals surface area contributed by atoms with Crippen LogP contribution in [0.2, 0.25) is 0 Å². The third kappa shape index (κ3) is 4.46. The van der Waals surface area contributed by atoms with Gasteiger partial charge in [0.05, 0.1) is 6.54 Å². The van der Waals surface area contributed by atoms with Crippen LogP contribution in [0.5, 0.6) is 5.75 Å². The number of nitrogens with zero attached hydrogens (tertiary/aromatic N) is 2. The Hall–Kier alpha value is -2.29. The van der Waals surface area contributed by atoms with Crippen LogP contribution in [0, 0.1) is 0 Å². The van der Waals surface area contributed by atoms with Crippen LogP contribution < -0.4 is 10.1 Å². The Morgan fingerprint density at radius 3 is 2.42 bits per heavy atom. The van der Waals surface area contributed by atoms with E-state index in [2.05, 4.69) is 10.1 Å². The first-order valence-electron chi connectivity index (χ1n) is 8.49. The summed E-state index contributed by atoms with van der Waals surface area (Å²) in [6, 6.07) is 4.47. The molecule has 0 bridgehead atoms. The molecule has 0 aliphatic carbocycles. The highest BCUT2D eigenvalue weighted by atomic mass is 19.4. The van der Waals surface area contributed by atoms with Gasteiger partial charge in [-0.15, -0.1) is 13.2 Å². The van der Waals surface area contributed by atoms with Crippen molar-refractivity contribution in [1.82, 2.24) is 15.1 Å². The molecule has 0 aromatic heterocycles. The minimum absolute atomic E-state index is 0.0285. The Morgan fingerprint density at radius 2 is 1.81 bits per heavy atom. The lowest BCUT2D eigenvalue weighted by Crippen LogP contribution is -2.52. The smallest absolute Gasteiger partial charge is 0.406 e. The van der Waals surface area contributed by atoms with Crippen LogP contribution in [-0.2, 0) is 9.59 Å². The third-order valence-corrected chi connectivity index (χ3v) is 4.54. The first kappa shape index (κ1) is 18.5. The summed E-state index contributed by atoms with van der Waals surface area (Å²) in [6.07, 6.45) is -2.80. The van der Waals surface area contributed by atoms with Gasteiger partial charge in [0, 0.05) is 26.2 Å². The average molecular weight is 371 g/mol. The molecule has 0 spiro atoms. The van der Waals surface area contributed by atoms with Crippen molar-refractivity contribution in [3.63, 3.8) is 0 Å².